The molecular formula is C16H32N2. The second-order valence-corrected chi connectivity index (χ2v) is 7.44. The van der Waals surface area contributed by atoms with Crippen LogP contribution in [-0.2, 0) is 0 Å². The maximum atomic E-state index is 3.87. The van der Waals surface area contributed by atoms with Crippen LogP contribution in [0.3, 0.4) is 0 Å². The summed E-state index contributed by atoms with van der Waals surface area (Å²) in [6.07, 6.45) is 5.54. The summed E-state index contributed by atoms with van der Waals surface area (Å²) < 4.78 is 0. The van der Waals surface area contributed by atoms with Gasteiger partial charge in [-0.3, -0.25) is 0 Å². The van der Waals surface area contributed by atoms with Crippen LogP contribution in [0.15, 0.2) is 0 Å². The normalized spacial score (nSPS) is 34.0. The van der Waals surface area contributed by atoms with E-state index < -0.39 is 0 Å². The molecule has 2 nitrogen and oxygen atoms in total. The molecule has 2 unspecified atom stereocenters. The predicted molar refractivity (Wildman–Crippen MR) is 78.8 cm³/mol. The van der Waals surface area contributed by atoms with Crippen molar-refractivity contribution in [2.45, 2.75) is 59.4 Å². The molecule has 0 amide bonds. The van der Waals surface area contributed by atoms with E-state index in [1.54, 1.807) is 0 Å². The van der Waals surface area contributed by atoms with Crippen molar-refractivity contribution in [1.29, 1.82) is 0 Å². The van der Waals surface area contributed by atoms with E-state index in [4.69, 9.17) is 0 Å². The third-order valence-electron chi connectivity index (χ3n) is 5.16. The molecule has 0 aromatic carbocycles. The van der Waals surface area contributed by atoms with Crippen LogP contribution in [0.25, 0.3) is 0 Å². The Kier molecular flexibility index (Phi) is 4.71. The van der Waals surface area contributed by atoms with E-state index in [0.29, 0.717) is 5.41 Å². The van der Waals surface area contributed by atoms with Gasteiger partial charge in [0.15, 0.2) is 0 Å². The minimum Gasteiger partial charge on any atom is -0.313 e. The molecule has 2 fully saturated rings. The van der Waals surface area contributed by atoms with Crippen LogP contribution in [-0.4, -0.2) is 37.1 Å². The summed E-state index contributed by atoms with van der Waals surface area (Å²) in [7, 11) is 0. The van der Waals surface area contributed by atoms with Gasteiger partial charge in [0.25, 0.3) is 0 Å². The third-order valence-corrected chi connectivity index (χ3v) is 5.16. The van der Waals surface area contributed by atoms with E-state index in [1.807, 2.05) is 0 Å². The molecule has 2 heteroatoms. The number of rotatable bonds is 4. The average molecular weight is 252 g/mol. The summed E-state index contributed by atoms with van der Waals surface area (Å²) in [6, 6.07) is 0.768. The van der Waals surface area contributed by atoms with E-state index in [9.17, 15) is 0 Å². The Morgan fingerprint density at radius 3 is 2.33 bits per heavy atom. The Balaban J connectivity index is 1.69. The van der Waals surface area contributed by atoms with Gasteiger partial charge in [-0.05, 0) is 69.1 Å². The van der Waals surface area contributed by atoms with Crippen LogP contribution in [0.1, 0.15) is 53.4 Å². The SMILES string of the molecule is CCN1CCC(CNC2CC(C)(C)CC2C)CC1. The van der Waals surface area contributed by atoms with Gasteiger partial charge < -0.3 is 10.2 Å². The fourth-order valence-electron chi connectivity index (χ4n) is 3.99. The highest BCUT2D eigenvalue weighted by molar-refractivity contribution is 4.91. The standard InChI is InChI=1S/C16H32N2/c1-5-18-8-6-14(7-9-18)12-17-15-11-16(3,4)10-13(15)2/h13-15,17H,5-12H2,1-4H3. The third kappa shape index (κ3) is 3.71. The Bertz CT molecular complexity index is 254. The van der Waals surface area contributed by atoms with Crippen molar-refractivity contribution < 1.29 is 0 Å². The second kappa shape index (κ2) is 5.92. The van der Waals surface area contributed by atoms with Crippen molar-refractivity contribution in [3.05, 3.63) is 0 Å². The van der Waals surface area contributed by atoms with Crippen LogP contribution < -0.4 is 5.32 Å². The zero-order valence-corrected chi connectivity index (χ0v) is 12.8. The molecule has 0 bridgehead atoms. The van der Waals surface area contributed by atoms with E-state index in [2.05, 4.69) is 37.9 Å². The van der Waals surface area contributed by atoms with Gasteiger partial charge in [0, 0.05) is 6.04 Å². The minimum atomic E-state index is 0.558. The zero-order chi connectivity index (χ0) is 13.2. The zero-order valence-electron chi connectivity index (χ0n) is 12.8. The molecule has 0 radical (unpaired) electrons. The average Bonchev–Trinajstić information content (AvgIpc) is 2.60. The first-order valence-corrected chi connectivity index (χ1v) is 7.96. The van der Waals surface area contributed by atoms with Gasteiger partial charge in [-0.15, -0.1) is 0 Å². The molecule has 106 valence electrons. The molecule has 0 aromatic heterocycles. The number of hydrogen-bond acceptors (Lipinski definition) is 2. The van der Waals surface area contributed by atoms with Crippen LogP contribution >= 0.6 is 0 Å². The summed E-state index contributed by atoms with van der Waals surface area (Å²) >= 11 is 0. The van der Waals surface area contributed by atoms with Gasteiger partial charge in [0.2, 0.25) is 0 Å². The Labute approximate surface area is 114 Å². The molecule has 1 saturated heterocycles. The fraction of sp³-hybridized carbons (Fsp3) is 1.00. The lowest BCUT2D eigenvalue weighted by Gasteiger charge is -2.32. The largest absolute Gasteiger partial charge is 0.313 e. The predicted octanol–water partition coefficient (Wildman–Crippen LogP) is 3.13. The van der Waals surface area contributed by atoms with Crippen molar-refractivity contribution in [3.63, 3.8) is 0 Å². The molecule has 18 heavy (non-hydrogen) atoms. The molecule has 1 saturated carbocycles. The Morgan fingerprint density at radius 2 is 1.83 bits per heavy atom. The Morgan fingerprint density at radius 1 is 1.17 bits per heavy atom. The minimum absolute atomic E-state index is 0.558. The highest BCUT2D eigenvalue weighted by atomic mass is 15.1. The Hall–Kier alpha value is -0.0800. The number of hydrogen-bond donors (Lipinski definition) is 1. The molecule has 2 atom stereocenters. The van der Waals surface area contributed by atoms with Gasteiger partial charge in [-0.25, -0.2) is 0 Å². The van der Waals surface area contributed by atoms with E-state index in [1.165, 1.54) is 51.9 Å². The molecule has 2 rings (SSSR count). The quantitative estimate of drug-likeness (QED) is 0.827. The van der Waals surface area contributed by atoms with Gasteiger partial charge in [0.1, 0.15) is 0 Å². The summed E-state index contributed by atoms with van der Waals surface area (Å²) in [5.74, 6) is 1.78. The van der Waals surface area contributed by atoms with Crippen LogP contribution in [0.5, 0.6) is 0 Å². The van der Waals surface area contributed by atoms with Gasteiger partial charge >= 0.3 is 0 Å². The molecule has 1 aliphatic heterocycles. The summed E-state index contributed by atoms with van der Waals surface area (Å²) in [5, 5.41) is 3.87. The fourth-order valence-corrected chi connectivity index (χ4v) is 3.99. The monoisotopic (exact) mass is 252 g/mol. The van der Waals surface area contributed by atoms with E-state index >= 15 is 0 Å². The summed E-state index contributed by atoms with van der Waals surface area (Å²) in [5.41, 5.74) is 0.558. The lowest BCUT2D eigenvalue weighted by Crippen LogP contribution is -2.40. The molecule has 0 aromatic rings. The smallest absolute Gasteiger partial charge is 0.00980 e. The van der Waals surface area contributed by atoms with Gasteiger partial charge in [-0.2, -0.15) is 0 Å². The van der Waals surface area contributed by atoms with Crippen molar-refractivity contribution in [3.8, 4) is 0 Å². The van der Waals surface area contributed by atoms with E-state index in [0.717, 1.165) is 17.9 Å². The topological polar surface area (TPSA) is 15.3 Å². The molecule has 1 aliphatic carbocycles. The lowest BCUT2D eigenvalue weighted by atomic mass is 9.91. The number of nitrogens with one attached hydrogen (secondary N) is 1. The molecule has 1 N–H and O–H groups in total. The van der Waals surface area contributed by atoms with Crippen LogP contribution in [0, 0.1) is 17.3 Å². The van der Waals surface area contributed by atoms with Crippen molar-refractivity contribution in [2.24, 2.45) is 17.3 Å². The molecule has 1 heterocycles. The number of likely N-dealkylation sites (tertiary alicyclic amines) is 1. The van der Waals surface area contributed by atoms with E-state index in [-0.39, 0.29) is 0 Å². The number of nitrogens with zero attached hydrogens (tertiary/aromatic N) is 1. The van der Waals surface area contributed by atoms with Gasteiger partial charge in [-0.1, -0.05) is 27.7 Å². The van der Waals surface area contributed by atoms with Crippen LogP contribution in [0.4, 0.5) is 0 Å². The van der Waals surface area contributed by atoms with Crippen LogP contribution in [0.2, 0.25) is 0 Å². The van der Waals surface area contributed by atoms with Gasteiger partial charge in [0.05, 0.1) is 0 Å². The molecular weight excluding hydrogens is 220 g/mol. The molecule has 0 spiro atoms. The lowest BCUT2D eigenvalue weighted by molar-refractivity contribution is 0.185. The number of piperidine rings is 1. The highest BCUT2D eigenvalue weighted by Crippen LogP contribution is 2.40. The first kappa shape index (κ1) is 14.3. The summed E-state index contributed by atoms with van der Waals surface area (Å²) in [6.45, 7) is 14.7. The first-order valence-electron chi connectivity index (χ1n) is 7.96. The first-order chi connectivity index (χ1) is 8.50. The second-order valence-electron chi connectivity index (χ2n) is 7.44. The van der Waals surface area contributed by atoms with Crippen molar-refractivity contribution in [1.82, 2.24) is 10.2 Å². The van der Waals surface area contributed by atoms with Crippen molar-refractivity contribution >= 4 is 0 Å². The maximum Gasteiger partial charge on any atom is 0.00980 e. The maximum absolute atomic E-state index is 3.87. The molecule has 2 aliphatic rings. The highest BCUT2D eigenvalue weighted by Gasteiger charge is 2.36. The van der Waals surface area contributed by atoms with Crippen molar-refractivity contribution in [2.75, 3.05) is 26.2 Å². The summed E-state index contributed by atoms with van der Waals surface area (Å²) in [4.78, 5) is 2.58.